The molecule has 0 spiro atoms. The highest BCUT2D eigenvalue weighted by Crippen LogP contribution is 2.38. The topological polar surface area (TPSA) is 57.0 Å². The van der Waals surface area contributed by atoms with Gasteiger partial charge < -0.3 is 9.30 Å². The van der Waals surface area contributed by atoms with Gasteiger partial charge in [0.1, 0.15) is 22.3 Å². The van der Waals surface area contributed by atoms with Gasteiger partial charge in [-0.1, -0.05) is 60.3 Å². The van der Waals surface area contributed by atoms with Crippen molar-refractivity contribution >= 4 is 28.8 Å². The minimum Gasteiger partial charge on any atom is -0.465 e. The number of thioether (sulfide) groups is 1. The Balaban J connectivity index is 1.89. The largest absolute Gasteiger partial charge is 0.465 e. The standard InChI is InChI=1S/C23H21N3O2S/c1-3-28-23(27)16(2)29-22-20-19(17-10-6-4-7-11-17)14-26(21(20)24-15-25-22)18-12-8-5-9-13-18/h4-16H,3H2,1-2H3. The van der Waals surface area contributed by atoms with E-state index in [4.69, 9.17) is 4.74 Å². The van der Waals surface area contributed by atoms with Crippen molar-refractivity contribution in [3.05, 3.63) is 73.2 Å². The van der Waals surface area contributed by atoms with Gasteiger partial charge in [0.05, 0.1) is 12.0 Å². The van der Waals surface area contributed by atoms with Gasteiger partial charge in [-0.15, -0.1) is 0 Å². The van der Waals surface area contributed by atoms with Crippen LogP contribution in [0, 0.1) is 0 Å². The van der Waals surface area contributed by atoms with Crippen LogP contribution in [0.4, 0.5) is 0 Å². The number of carbonyl (C=O) groups is 1. The minimum atomic E-state index is -0.364. The molecule has 0 bridgehead atoms. The summed E-state index contributed by atoms with van der Waals surface area (Å²) < 4.78 is 7.24. The zero-order valence-electron chi connectivity index (χ0n) is 16.3. The number of esters is 1. The molecule has 4 aromatic rings. The van der Waals surface area contributed by atoms with Gasteiger partial charge in [-0.05, 0) is 31.5 Å². The molecule has 6 heteroatoms. The first kappa shape index (κ1) is 19.2. The van der Waals surface area contributed by atoms with Crippen molar-refractivity contribution in [1.29, 1.82) is 0 Å². The quantitative estimate of drug-likeness (QED) is 0.254. The molecular weight excluding hydrogens is 382 g/mol. The number of nitrogens with zero attached hydrogens (tertiary/aromatic N) is 3. The van der Waals surface area contributed by atoms with E-state index in [9.17, 15) is 4.79 Å². The van der Waals surface area contributed by atoms with E-state index in [-0.39, 0.29) is 11.2 Å². The highest BCUT2D eigenvalue weighted by atomic mass is 32.2. The summed E-state index contributed by atoms with van der Waals surface area (Å²) in [4.78, 5) is 21.3. The van der Waals surface area contributed by atoms with E-state index >= 15 is 0 Å². The molecular formula is C23H21N3O2S. The van der Waals surface area contributed by atoms with Crippen molar-refractivity contribution in [1.82, 2.24) is 14.5 Å². The van der Waals surface area contributed by atoms with Gasteiger partial charge in [0.2, 0.25) is 0 Å². The van der Waals surface area contributed by atoms with Crippen molar-refractivity contribution < 1.29 is 9.53 Å². The molecule has 2 heterocycles. The maximum Gasteiger partial charge on any atom is 0.319 e. The van der Waals surface area contributed by atoms with Gasteiger partial charge in [-0.3, -0.25) is 4.79 Å². The molecule has 146 valence electrons. The summed E-state index contributed by atoms with van der Waals surface area (Å²) in [6, 6.07) is 20.2. The molecule has 0 fully saturated rings. The SMILES string of the molecule is CCOC(=O)C(C)Sc1ncnc2c1c(-c1ccccc1)cn2-c1ccccc1. The average molecular weight is 404 g/mol. The molecule has 0 amide bonds. The fraction of sp³-hybridized carbons (Fsp3) is 0.174. The van der Waals surface area contributed by atoms with Crippen molar-refractivity contribution in [2.24, 2.45) is 0 Å². The molecule has 4 rings (SSSR count). The molecule has 0 aliphatic heterocycles. The molecule has 1 atom stereocenters. The normalized spacial score (nSPS) is 12.1. The molecule has 0 aliphatic carbocycles. The minimum absolute atomic E-state index is 0.243. The maximum absolute atomic E-state index is 12.2. The van der Waals surface area contributed by atoms with Gasteiger partial charge >= 0.3 is 5.97 Å². The third-order valence-electron chi connectivity index (χ3n) is 4.57. The first-order valence-corrected chi connectivity index (χ1v) is 10.4. The van der Waals surface area contributed by atoms with Crippen LogP contribution >= 0.6 is 11.8 Å². The first-order valence-electron chi connectivity index (χ1n) is 9.49. The van der Waals surface area contributed by atoms with E-state index in [2.05, 4.69) is 32.9 Å². The number of rotatable bonds is 6. The highest BCUT2D eigenvalue weighted by Gasteiger charge is 2.22. The fourth-order valence-electron chi connectivity index (χ4n) is 3.22. The predicted octanol–water partition coefficient (Wildman–Crippen LogP) is 5.13. The average Bonchev–Trinajstić information content (AvgIpc) is 3.16. The third kappa shape index (κ3) is 3.89. The lowest BCUT2D eigenvalue weighted by molar-refractivity contribution is -0.142. The van der Waals surface area contributed by atoms with Crippen molar-refractivity contribution in [3.8, 4) is 16.8 Å². The van der Waals surface area contributed by atoms with Gasteiger partial charge in [-0.25, -0.2) is 9.97 Å². The van der Waals surface area contributed by atoms with Crippen LogP contribution in [0.25, 0.3) is 27.8 Å². The zero-order chi connectivity index (χ0) is 20.2. The van der Waals surface area contributed by atoms with Gasteiger partial charge in [0.25, 0.3) is 0 Å². The summed E-state index contributed by atoms with van der Waals surface area (Å²) in [6.45, 7) is 4.02. The zero-order valence-corrected chi connectivity index (χ0v) is 17.1. The molecule has 0 radical (unpaired) electrons. The van der Waals surface area contributed by atoms with Crippen LogP contribution in [0.5, 0.6) is 0 Å². The Morgan fingerprint density at radius 3 is 2.45 bits per heavy atom. The summed E-state index contributed by atoms with van der Waals surface area (Å²) >= 11 is 1.40. The second kappa shape index (κ2) is 8.49. The molecule has 0 saturated carbocycles. The van der Waals surface area contributed by atoms with E-state index in [1.807, 2.05) is 62.4 Å². The summed E-state index contributed by atoms with van der Waals surface area (Å²) in [6.07, 6.45) is 3.64. The van der Waals surface area contributed by atoms with E-state index in [0.717, 1.165) is 32.9 Å². The van der Waals surface area contributed by atoms with E-state index in [1.165, 1.54) is 11.8 Å². The molecule has 2 aromatic carbocycles. The number of ether oxygens (including phenoxy) is 1. The van der Waals surface area contributed by atoms with Crippen LogP contribution in [-0.2, 0) is 9.53 Å². The molecule has 29 heavy (non-hydrogen) atoms. The number of hydrogen-bond acceptors (Lipinski definition) is 5. The summed E-state index contributed by atoms with van der Waals surface area (Å²) in [7, 11) is 0. The van der Waals surface area contributed by atoms with Gasteiger partial charge in [0, 0.05) is 17.4 Å². The predicted molar refractivity (Wildman–Crippen MR) is 116 cm³/mol. The lowest BCUT2D eigenvalue weighted by Gasteiger charge is -2.11. The van der Waals surface area contributed by atoms with Gasteiger partial charge in [0.15, 0.2) is 0 Å². The molecule has 5 nitrogen and oxygen atoms in total. The summed E-state index contributed by atoms with van der Waals surface area (Å²) in [5.74, 6) is -0.243. The molecule has 0 saturated heterocycles. The van der Waals surface area contributed by atoms with E-state index < -0.39 is 0 Å². The smallest absolute Gasteiger partial charge is 0.319 e. The number of aromatic nitrogens is 3. The van der Waals surface area contributed by atoms with Crippen molar-refractivity contribution in [2.75, 3.05) is 6.61 Å². The Bertz CT molecular complexity index is 1130. The summed E-state index contributed by atoms with van der Waals surface area (Å²) in [5, 5.41) is 1.34. The van der Waals surface area contributed by atoms with Crippen LogP contribution in [0.1, 0.15) is 13.8 Å². The van der Waals surface area contributed by atoms with Crippen LogP contribution in [0.2, 0.25) is 0 Å². The third-order valence-corrected chi connectivity index (χ3v) is 5.65. The second-order valence-corrected chi connectivity index (χ2v) is 7.83. The van der Waals surface area contributed by atoms with Gasteiger partial charge in [-0.2, -0.15) is 0 Å². The van der Waals surface area contributed by atoms with Crippen LogP contribution in [0.3, 0.4) is 0 Å². The Hall–Kier alpha value is -3.12. The summed E-state index contributed by atoms with van der Waals surface area (Å²) in [5.41, 5.74) is 3.94. The molecule has 0 aliphatic rings. The number of carbonyl (C=O) groups excluding carboxylic acids is 1. The number of para-hydroxylation sites is 1. The monoisotopic (exact) mass is 403 g/mol. The van der Waals surface area contributed by atoms with E-state index in [1.54, 1.807) is 6.33 Å². The Morgan fingerprint density at radius 2 is 1.76 bits per heavy atom. The highest BCUT2D eigenvalue weighted by molar-refractivity contribution is 8.00. The Labute approximate surface area is 173 Å². The number of hydrogen-bond donors (Lipinski definition) is 0. The molecule has 0 N–H and O–H groups in total. The van der Waals surface area contributed by atoms with Crippen LogP contribution in [0.15, 0.2) is 78.2 Å². The maximum atomic E-state index is 12.2. The van der Waals surface area contributed by atoms with Crippen LogP contribution in [-0.4, -0.2) is 32.4 Å². The number of fused-ring (bicyclic) bond motifs is 1. The molecule has 1 unspecified atom stereocenters. The molecule has 2 aromatic heterocycles. The number of benzene rings is 2. The van der Waals surface area contributed by atoms with E-state index in [0.29, 0.717) is 6.61 Å². The van der Waals surface area contributed by atoms with Crippen molar-refractivity contribution in [2.45, 2.75) is 24.1 Å². The fourth-order valence-corrected chi connectivity index (χ4v) is 4.15. The van der Waals surface area contributed by atoms with Crippen molar-refractivity contribution in [3.63, 3.8) is 0 Å². The first-order chi connectivity index (χ1) is 14.2. The Morgan fingerprint density at radius 1 is 1.07 bits per heavy atom. The Kier molecular flexibility index (Phi) is 5.62. The lowest BCUT2D eigenvalue weighted by atomic mass is 10.1. The second-order valence-electron chi connectivity index (χ2n) is 6.50. The van der Waals surface area contributed by atoms with Crippen LogP contribution < -0.4 is 0 Å². The lowest BCUT2D eigenvalue weighted by Crippen LogP contribution is -2.16.